The van der Waals surface area contributed by atoms with Crippen molar-refractivity contribution >= 4 is 11.3 Å². The first kappa shape index (κ1) is 10.1. The monoisotopic (exact) mass is 211 g/mol. The molecule has 3 heteroatoms. The number of thiophene rings is 1. The Morgan fingerprint density at radius 2 is 2.43 bits per heavy atom. The van der Waals surface area contributed by atoms with Gasteiger partial charge in [0.15, 0.2) is 0 Å². The molecule has 1 aromatic heterocycles. The molecule has 0 aromatic carbocycles. The summed E-state index contributed by atoms with van der Waals surface area (Å²) in [6.07, 6.45) is 2.21. The Morgan fingerprint density at radius 3 is 2.93 bits per heavy atom. The second-order valence-electron chi connectivity index (χ2n) is 4.21. The Balaban J connectivity index is 2.23. The first-order chi connectivity index (χ1) is 6.63. The molecule has 2 unspecified atom stereocenters. The van der Waals surface area contributed by atoms with Gasteiger partial charge in [-0.1, -0.05) is 0 Å². The van der Waals surface area contributed by atoms with Crippen LogP contribution in [0, 0.1) is 6.92 Å². The predicted octanol–water partition coefficient (Wildman–Crippen LogP) is 2.63. The van der Waals surface area contributed by atoms with Crippen LogP contribution in [-0.4, -0.2) is 12.2 Å². The lowest BCUT2D eigenvalue weighted by molar-refractivity contribution is -0.00100. The van der Waals surface area contributed by atoms with E-state index >= 15 is 0 Å². The zero-order valence-electron chi connectivity index (χ0n) is 8.75. The van der Waals surface area contributed by atoms with Gasteiger partial charge >= 0.3 is 0 Å². The van der Waals surface area contributed by atoms with Crippen molar-refractivity contribution in [2.24, 2.45) is 5.73 Å². The highest BCUT2D eigenvalue weighted by atomic mass is 32.1. The van der Waals surface area contributed by atoms with Gasteiger partial charge in [0, 0.05) is 11.5 Å². The molecule has 1 aliphatic rings. The molecule has 0 amide bonds. The molecule has 1 fully saturated rings. The number of ether oxygens (including phenoxy) is 1. The quantitative estimate of drug-likeness (QED) is 0.816. The molecular formula is C11H17NOS. The fraction of sp³-hybridized carbons (Fsp3) is 0.636. The molecule has 2 heterocycles. The van der Waals surface area contributed by atoms with E-state index in [1.165, 1.54) is 10.4 Å². The van der Waals surface area contributed by atoms with Crippen LogP contribution in [0.3, 0.4) is 0 Å². The summed E-state index contributed by atoms with van der Waals surface area (Å²) in [5, 5.41) is 2.10. The lowest BCUT2D eigenvalue weighted by atomic mass is 9.91. The number of rotatable bonds is 2. The molecule has 2 N–H and O–H groups in total. The lowest BCUT2D eigenvalue weighted by Crippen LogP contribution is -2.37. The zero-order chi connectivity index (χ0) is 10.2. The van der Waals surface area contributed by atoms with E-state index in [2.05, 4.69) is 25.3 Å². The summed E-state index contributed by atoms with van der Waals surface area (Å²) in [5.41, 5.74) is 7.41. The first-order valence-corrected chi connectivity index (χ1v) is 5.95. The van der Waals surface area contributed by atoms with Crippen molar-refractivity contribution in [2.75, 3.05) is 6.61 Å². The van der Waals surface area contributed by atoms with Gasteiger partial charge < -0.3 is 10.5 Å². The summed E-state index contributed by atoms with van der Waals surface area (Å²) in [6, 6.07) is 2.16. The normalized spacial score (nSPS) is 29.4. The van der Waals surface area contributed by atoms with Crippen LogP contribution in [0.25, 0.3) is 0 Å². The molecule has 14 heavy (non-hydrogen) atoms. The van der Waals surface area contributed by atoms with E-state index in [1.54, 1.807) is 11.3 Å². The fourth-order valence-corrected chi connectivity index (χ4v) is 3.09. The van der Waals surface area contributed by atoms with E-state index in [0.717, 1.165) is 19.4 Å². The maximum atomic E-state index is 6.27. The molecule has 0 aliphatic carbocycles. The van der Waals surface area contributed by atoms with Crippen molar-refractivity contribution in [3.05, 3.63) is 21.9 Å². The van der Waals surface area contributed by atoms with Crippen molar-refractivity contribution < 1.29 is 4.74 Å². The van der Waals surface area contributed by atoms with E-state index in [9.17, 15) is 0 Å². The van der Waals surface area contributed by atoms with Gasteiger partial charge in [0.25, 0.3) is 0 Å². The molecule has 78 valence electrons. The number of hydrogen-bond donors (Lipinski definition) is 1. The van der Waals surface area contributed by atoms with Gasteiger partial charge in [-0.05, 0) is 43.7 Å². The summed E-state index contributed by atoms with van der Waals surface area (Å²) in [6.45, 7) is 5.10. The highest BCUT2D eigenvalue weighted by Crippen LogP contribution is 2.38. The summed E-state index contributed by atoms with van der Waals surface area (Å²) >= 11 is 1.74. The maximum Gasteiger partial charge on any atom is 0.0855 e. The number of hydrogen-bond acceptors (Lipinski definition) is 3. The third-order valence-corrected chi connectivity index (χ3v) is 4.19. The van der Waals surface area contributed by atoms with Crippen LogP contribution >= 0.6 is 11.3 Å². The molecule has 0 saturated carbocycles. The Hall–Kier alpha value is -0.380. The fourth-order valence-electron chi connectivity index (χ4n) is 2.03. The largest absolute Gasteiger partial charge is 0.373 e. The summed E-state index contributed by atoms with van der Waals surface area (Å²) in [4.78, 5) is 1.27. The molecule has 2 rings (SSSR count). The standard InChI is InChI=1S/C11H17NOS/c1-8-4-7-14-9(8)10(12)11(2)5-3-6-13-11/h4,7,10H,3,5-6,12H2,1-2H3. The van der Waals surface area contributed by atoms with E-state index < -0.39 is 0 Å². The van der Waals surface area contributed by atoms with Gasteiger partial charge in [0.05, 0.1) is 11.6 Å². The average molecular weight is 211 g/mol. The van der Waals surface area contributed by atoms with E-state index in [0.29, 0.717) is 0 Å². The van der Waals surface area contributed by atoms with Crippen molar-refractivity contribution in [1.82, 2.24) is 0 Å². The Morgan fingerprint density at radius 1 is 1.64 bits per heavy atom. The summed E-state index contributed by atoms with van der Waals surface area (Å²) in [7, 11) is 0. The van der Waals surface area contributed by atoms with Crippen molar-refractivity contribution in [3.8, 4) is 0 Å². The number of aryl methyl sites for hydroxylation is 1. The van der Waals surface area contributed by atoms with Crippen LogP contribution in [0.2, 0.25) is 0 Å². The van der Waals surface area contributed by atoms with Gasteiger partial charge in [-0.3, -0.25) is 0 Å². The molecule has 2 atom stereocenters. The van der Waals surface area contributed by atoms with Gasteiger partial charge in [-0.25, -0.2) is 0 Å². The Kier molecular flexibility index (Phi) is 2.64. The van der Waals surface area contributed by atoms with Crippen LogP contribution < -0.4 is 5.73 Å². The van der Waals surface area contributed by atoms with E-state index in [4.69, 9.17) is 10.5 Å². The molecule has 0 spiro atoms. The molecule has 0 bridgehead atoms. The second kappa shape index (κ2) is 3.65. The van der Waals surface area contributed by atoms with Crippen LogP contribution in [0.5, 0.6) is 0 Å². The summed E-state index contributed by atoms with van der Waals surface area (Å²) in [5.74, 6) is 0. The highest BCUT2D eigenvalue weighted by Gasteiger charge is 2.38. The highest BCUT2D eigenvalue weighted by molar-refractivity contribution is 7.10. The molecular weight excluding hydrogens is 194 g/mol. The molecule has 0 radical (unpaired) electrons. The van der Waals surface area contributed by atoms with Crippen LogP contribution in [-0.2, 0) is 4.74 Å². The molecule has 1 saturated heterocycles. The van der Waals surface area contributed by atoms with Crippen molar-refractivity contribution in [3.63, 3.8) is 0 Å². The van der Waals surface area contributed by atoms with Gasteiger partial charge in [-0.15, -0.1) is 11.3 Å². The predicted molar refractivity (Wildman–Crippen MR) is 59.6 cm³/mol. The number of nitrogens with two attached hydrogens (primary N) is 1. The van der Waals surface area contributed by atoms with Crippen LogP contribution in [0.1, 0.15) is 36.2 Å². The SMILES string of the molecule is Cc1ccsc1C(N)C1(C)CCCO1. The van der Waals surface area contributed by atoms with Crippen molar-refractivity contribution in [2.45, 2.75) is 38.3 Å². The van der Waals surface area contributed by atoms with Gasteiger partial charge in [0.2, 0.25) is 0 Å². The minimum Gasteiger partial charge on any atom is -0.373 e. The Bertz CT molecular complexity index is 315. The Labute approximate surface area is 89.1 Å². The minimum absolute atomic E-state index is 0.0324. The maximum absolute atomic E-state index is 6.27. The molecule has 1 aromatic rings. The zero-order valence-corrected chi connectivity index (χ0v) is 9.56. The molecule has 2 nitrogen and oxygen atoms in total. The van der Waals surface area contributed by atoms with E-state index in [1.807, 2.05) is 0 Å². The van der Waals surface area contributed by atoms with Crippen LogP contribution in [0.15, 0.2) is 11.4 Å². The van der Waals surface area contributed by atoms with E-state index in [-0.39, 0.29) is 11.6 Å². The first-order valence-electron chi connectivity index (χ1n) is 5.07. The topological polar surface area (TPSA) is 35.2 Å². The average Bonchev–Trinajstić information content (AvgIpc) is 2.74. The third kappa shape index (κ3) is 1.60. The van der Waals surface area contributed by atoms with Crippen molar-refractivity contribution in [1.29, 1.82) is 0 Å². The smallest absolute Gasteiger partial charge is 0.0855 e. The van der Waals surface area contributed by atoms with Gasteiger partial charge in [-0.2, -0.15) is 0 Å². The second-order valence-corrected chi connectivity index (χ2v) is 5.16. The van der Waals surface area contributed by atoms with Crippen LogP contribution in [0.4, 0.5) is 0 Å². The third-order valence-electron chi connectivity index (χ3n) is 3.09. The lowest BCUT2D eigenvalue weighted by Gasteiger charge is -2.30. The molecule has 1 aliphatic heterocycles. The minimum atomic E-state index is -0.143. The van der Waals surface area contributed by atoms with Gasteiger partial charge in [0.1, 0.15) is 0 Å². The summed E-state index contributed by atoms with van der Waals surface area (Å²) < 4.78 is 5.76.